The summed E-state index contributed by atoms with van der Waals surface area (Å²) in [6.45, 7) is 8.38. The molecule has 1 aliphatic heterocycles. The number of rotatable bonds is 3. The fraction of sp³-hybridized carbons (Fsp3) is 0.162. The van der Waals surface area contributed by atoms with E-state index in [0.717, 1.165) is 11.0 Å². The Labute approximate surface area is 240 Å². The van der Waals surface area contributed by atoms with Gasteiger partial charge in [0, 0.05) is 18.0 Å². The van der Waals surface area contributed by atoms with Crippen LogP contribution < -0.4 is 5.46 Å². The summed E-state index contributed by atoms with van der Waals surface area (Å²) in [5.41, 5.74) is 5.15. The van der Waals surface area contributed by atoms with E-state index in [-0.39, 0.29) is 18.3 Å². The summed E-state index contributed by atoms with van der Waals surface area (Å²) in [4.78, 5) is 4.38. The number of hydrogen-bond donors (Lipinski definition) is 0. The van der Waals surface area contributed by atoms with Gasteiger partial charge < -0.3 is 9.31 Å². The molecule has 8 rings (SSSR count). The lowest BCUT2D eigenvalue weighted by atomic mass is 9.78. The van der Waals surface area contributed by atoms with Gasteiger partial charge >= 0.3 is 7.12 Å². The minimum absolute atomic E-state index is 0.357. The zero-order chi connectivity index (χ0) is 27.9. The fourth-order valence-corrected chi connectivity index (χ4v) is 6.38. The van der Waals surface area contributed by atoms with Crippen LogP contribution in [0.25, 0.3) is 65.3 Å². The van der Waals surface area contributed by atoms with Crippen LogP contribution in [0.15, 0.2) is 109 Å². The third-order valence-electron chi connectivity index (χ3n) is 9.34. The van der Waals surface area contributed by atoms with Crippen LogP contribution in [0.3, 0.4) is 0 Å². The summed E-state index contributed by atoms with van der Waals surface area (Å²) >= 11 is 0. The maximum absolute atomic E-state index is 6.31. The van der Waals surface area contributed by atoms with Gasteiger partial charge in [0.25, 0.3) is 0 Å². The number of pyridine rings is 1. The molecule has 0 spiro atoms. The minimum atomic E-state index is -0.363. The molecule has 1 aliphatic rings. The molecule has 0 saturated carbocycles. The van der Waals surface area contributed by atoms with Crippen LogP contribution in [-0.2, 0) is 9.31 Å². The zero-order valence-electron chi connectivity index (χ0n) is 23.7. The summed E-state index contributed by atoms with van der Waals surface area (Å²) in [6.07, 6.45) is 3.78. The highest BCUT2D eigenvalue weighted by Gasteiger charge is 2.51. The van der Waals surface area contributed by atoms with Crippen molar-refractivity contribution in [1.82, 2.24) is 4.98 Å². The van der Waals surface area contributed by atoms with Crippen molar-refractivity contribution in [3.8, 4) is 22.3 Å². The first-order chi connectivity index (χ1) is 19.8. The third kappa shape index (κ3) is 3.71. The molecule has 1 fully saturated rings. The van der Waals surface area contributed by atoms with Crippen molar-refractivity contribution in [2.75, 3.05) is 0 Å². The largest absolute Gasteiger partial charge is 0.494 e. The molecule has 0 unspecified atom stereocenters. The normalized spacial score (nSPS) is 16.4. The third-order valence-corrected chi connectivity index (χ3v) is 9.34. The Bertz CT molecular complexity index is 2100. The second-order valence-electron chi connectivity index (χ2n) is 12.3. The van der Waals surface area contributed by atoms with Gasteiger partial charge in [-0.15, -0.1) is 0 Å². The Hall–Kier alpha value is -4.25. The molecular formula is C37H30BNO2. The zero-order valence-corrected chi connectivity index (χ0v) is 23.7. The maximum Gasteiger partial charge on any atom is 0.494 e. The molecular weight excluding hydrogens is 501 g/mol. The predicted octanol–water partition coefficient (Wildman–Crippen LogP) is 8.77. The van der Waals surface area contributed by atoms with Crippen molar-refractivity contribution in [2.45, 2.75) is 38.9 Å². The first-order valence-corrected chi connectivity index (χ1v) is 14.3. The Morgan fingerprint density at radius 1 is 0.561 bits per heavy atom. The van der Waals surface area contributed by atoms with Gasteiger partial charge in [0.05, 0.1) is 11.2 Å². The molecule has 0 atom stereocenters. The molecule has 4 heteroatoms. The van der Waals surface area contributed by atoms with Crippen molar-refractivity contribution in [2.24, 2.45) is 0 Å². The quantitative estimate of drug-likeness (QED) is 0.169. The molecule has 7 aromatic rings. The van der Waals surface area contributed by atoms with Crippen LogP contribution in [0, 0.1) is 0 Å². The van der Waals surface area contributed by atoms with Gasteiger partial charge in [-0.25, -0.2) is 0 Å². The minimum Gasteiger partial charge on any atom is -0.399 e. The summed E-state index contributed by atoms with van der Waals surface area (Å²) in [5, 5.41) is 10.1. The first kappa shape index (κ1) is 24.5. The Balaban J connectivity index is 1.25. The molecule has 1 saturated heterocycles. The topological polar surface area (TPSA) is 31.4 Å². The van der Waals surface area contributed by atoms with Gasteiger partial charge in [0.1, 0.15) is 0 Å². The standard InChI is InChI=1S/C37H30BNO2/c1-36(2)37(3,4)41-38(40-36)29-14-9-25-20-27(8-7-26(25)21-29)30-15-10-23-13-18-33-31(28-6-5-19-39-22-28)16-11-24-12-17-32(30)34(23)35(24)33/h5-22H,1-4H3. The van der Waals surface area contributed by atoms with E-state index in [1.54, 1.807) is 0 Å². The highest BCUT2D eigenvalue weighted by molar-refractivity contribution is 6.62. The Morgan fingerprint density at radius 3 is 1.76 bits per heavy atom. The molecule has 0 amide bonds. The number of nitrogens with zero attached hydrogens (tertiary/aromatic N) is 1. The molecule has 0 N–H and O–H groups in total. The molecule has 198 valence electrons. The fourth-order valence-electron chi connectivity index (χ4n) is 6.38. The van der Waals surface area contributed by atoms with Gasteiger partial charge in [-0.3, -0.25) is 4.98 Å². The lowest BCUT2D eigenvalue weighted by Crippen LogP contribution is -2.41. The number of hydrogen-bond acceptors (Lipinski definition) is 3. The van der Waals surface area contributed by atoms with Gasteiger partial charge in [-0.1, -0.05) is 84.9 Å². The molecule has 2 heterocycles. The van der Waals surface area contributed by atoms with E-state index in [1.165, 1.54) is 59.8 Å². The highest BCUT2D eigenvalue weighted by atomic mass is 16.7. The second-order valence-corrected chi connectivity index (χ2v) is 12.3. The van der Waals surface area contributed by atoms with Crippen LogP contribution in [0.1, 0.15) is 27.7 Å². The summed E-state index contributed by atoms with van der Waals surface area (Å²) in [6, 6.07) is 35.5. The lowest BCUT2D eigenvalue weighted by Gasteiger charge is -2.32. The molecule has 3 nitrogen and oxygen atoms in total. The molecule has 1 aromatic heterocycles. The van der Waals surface area contributed by atoms with Crippen molar-refractivity contribution < 1.29 is 9.31 Å². The van der Waals surface area contributed by atoms with E-state index in [1.807, 2.05) is 18.5 Å². The van der Waals surface area contributed by atoms with E-state index in [4.69, 9.17) is 9.31 Å². The first-order valence-electron chi connectivity index (χ1n) is 14.3. The van der Waals surface area contributed by atoms with Crippen molar-refractivity contribution in [1.29, 1.82) is 0 Å². The summed E-state index contributed by atoms with van der Waals surface area (Å²) in [5.74, 6) is 0. The number of benzene rings is 6. The van der Waals surface area contributed by atoms with E-state index in [2.05, 4.69) is 124 Å². The average Bonchev–Trinajstić information content (AvgIpc) is 3.21. The molecule has 0 bridgehead atoms. The smallest absolute Gasteiger partial charge is 0.399 e. The van der Waals surface area contributed by atoms with Crippen LogP contribution in [0.5, 0.6) is 0 Å². The van der Waals surface area contributed by atoms with Crippen LogP contribution >= 0.6 is 0 Å². The van der Waals surface area contributed by atoms with Crippen molar-refractivity contribution in [3.05, 3.63) is 109 Å². The maximum atomic E-state index is 6.31. The van der Waals surface area contributed by atoms with Crippen LogP contribution in [-0.4, -0.2) is 23.3 Å². The monoisotopic (exact) mass is 531 g/mol. The van der Waals surface area contributed by atoms with Crippen LogP contribution in [0.4, 0.5) is 0 Å². The van der Waals surface area contributed by atoms with Gasteiger partial charge in [-0.05, 0) is 105 Å². The number of fused-ring (bicyclic) bond motifs is 1. The van der Waals surface area contributed by atoms with E-state index in [9.17, 15) is 0 Å². The Kier molecular flexibility index (Phi) is 5.16. The predicted molar refractivity (Wildman–Crippen MR) is 172 cm³/mol. The van der Waals surface area contributed by atoms with Crippen molar-refractivity contribution in [3.63, 3.8) is 0 Å². The molecule has 41 heavy (non-hydrogen) atoms. The highest BCUT2D eigenvalue weighted by Crippen LogP contribution is 2.42. The van der Waals surface area contributed by atoms with E-state index >= 15 is 0 Å². The Morgan fingerprint density at radius 2 is 1.12 bits per heavy atom. The van der Waals surface area contributed by atoms with E-state index < -0.39 is 0 Å². The average molecular weight is 531 g/mol. The molecule has 0 radical (unpaired) electrons. The van der Waals surface area contributed by atoms with E-state index in [0.29, 0.717) is 0 Å². The van der Waals surface area contributed by atoms with Gasteiger partial charge in [0.2, 0.25) is 0 Å². The van der Waals surface area contributed by atoms with Gasteiger partial charge in [0.15, 0.2) is 0 Å². The van der Waals surface area contributed by atoms with Crippen molar-refractivity contribution >= 4 is 55.7 Å². The number of aromatic nitrogens is 1. The second kappa shape index (κ2) is 8.63. The molecule has 0 aliphatic carbocycles. The van der Waals surface area contributed by atoms with Gasteiger partial charge in [-0.2, -0.15) is 0 Å². The molecule has 6 aromatic carbocycles. The summed E-state index contributed by atoms with van der Waals surface area (Å²) < 4.78 is 12.6. The lowest BCUT2D eigenvalue weighted by molar-refractivity contribution is 0.00578. The van der Waals surface area contributed by atoms with Crippen LogP contribution in [0.2, 0.25) is 0 Å². The SMILES string of the molecule is CC1(C)OB(c2ccc3cc(-c4ccc5ccc6c(-c7cccnc7)ccc7ccc4c5c76)ccc3c2)OC1(C)C. The summed E-state index contributed by atoms with van der Waals surface area (Å²) in [7, 11) is -0.363.